The summed E-state index contributed by atoms with van der Waals surface area (Å²) in [4.78, 5) is 0. The van der Waals surface area contributed by atoms with Gasteiger partial charge in [0, 0.05) is 17.5 Å². The summed E-state index contributed by atoms with van der Waals surface area (Å²) in [7, 11) is 1.75. The molecule has 3 heteroatoms. The molecule has 1 N–H and O–H groups in total. The van der Waals surface area contributed by atoms with Crippen LogP contribution < -0.4 is 5.32 Å². The zero-order chi connectivity index (χ0) is 12.3. The first-order valence-electron chi connectivity index (χ1n) is 5.93. The molecule has 1 heterocycles. The van der Waals surface area contributed by atoms with E-state index in [1.807, 2.05) is 0 Å². The van der Waals surface area contributed by atoms with Crippen molar-refractivity contribution < 1.29 is 4.74 Å². The Balaban J connectivity index is 2.15. The van der Waals surface area contributed by atoms with Crippen LogP contribution in [0.15, 0.2) is 29.6 Å². The number of methoxy groups -OCH3 is 1. The second-order valence-corrected chi connectivity index (χ2v) is 5.57. The summed E-state index contributed by atoms with van der Waals surface area (Å²) < 4.78 is 6.59. The van der Waals surface area contributed by atoms with Crippen LogP contribution in [0.2, 0.25) is 0 Å². The van der Waals surface area contributed by atoms with E-state index >= 15 is 0 Å². The van der Waals surface area contributed by atoms with Crippen LogP contribution >= 0.6 is 11.3 Å². The second-order valence-electron chi connectivity index (χ2n) is 4.62. The maximum atomic E-state index is 5.25. The van der Waals surface area contributed by atoms with Crippen molar-refractivity contribution >= 4 is 27.1 Å². The Labute approximate surface area is 107 Å². The van der Waals surface area contributed by atoms with E-state index in [0.717, 1.165) is 6.61 Å². The van der Waals surface area contributed by atoms with Crippen LogP contribution in [0, 0.1) is 5.92 Å². The number of ether oxygens (including phenoxy) is 1. The first-order chi connectivity index (χ1) is 8.20. The monoisotopic (exact) mass is 249 g/mol. The van der Waals surface area contributed by atoms with E-state index in [9.17, 15) is 0 Å². The van der Waals surface area contributed by atoms with Crippen LogP contribution in [0.1, 0.15) is 13.8 Å². The number of rotatable bonds is 5. The van der Waals surface area contributed by atoms with Gasteiger partial charge in [-0.25, -0.2) is 0 Å². The molecule has 1 unspecified atom stereocenters. The number of thiophene rings is 1. The molecular formula is C14H19NOS. The molecule has 0 aliphatic rings. The lowest BCUT2D eigenvalue weighted by molar-refractivity contribution is 0.171. The second kappa shape index (κ2) is 5.52. The molecular weight excluding hydrogens is 230 g/mol. The van der Waals surface area contributed by atoms with Crippen LogP contribution in [0.25, 0.3) is 10.1 Å². The summed E-state index contributed by atoms with van der Waals surface area (Å²) in [5.74, 6) is 0.549. The molecule has 0 spiro atoms. The minimum atomic E-state index is 0.357. The van der Waals surface area contributed by atoms with Crippen molar-refractivity contribution in [3.8, 4) is 0 Å². The van der Waals surface area contributed by atoms with E-state index in [4.69, 9.17) is 4.74 Å². The van der Waals surface area contributed by atoms with E-state index in [2.05, 4.69) is 48.8 Å². The molecule has 0 saturated heterocycles. The third-order valence-electron chi connectivity index (χ3n) is 2.96. The number of hydrogen-bond acceptors (Lipinski definition) is 3. The van der Waals surface area contributed by atoms with Gasteiger partial charge in [-0.1, -0.05) is 13.8 Å². The molecule has 0 amide bonds. The lowest BCUT2D eigenvalue weighted by Crippen LogP contribution is -2.30. The highest BCUT2D eigenvalue weighted by molar-refractivity contribution is 7.17. The average molecular weight is 249 g/mol. The van der Waals surface area contributed by atoms with Gasteiger partial charge in [-0.05, 0) is 40.9 Å². The lowest BCUT2D eigenvalue weighted by Gasteiger charge is -2.22. The zero-order valence-electron chi connectivity index (χ0n) is 10.6. The van der Waals surface area contributed by atoms with Gasteiger partial charge in [-0.15, -0.1) is 11.3 Å². The smallest absolute Gasteiger partial charge is 0.0666 e. The fourth-order valence-electron chi connectivity index (χ4n) is 1.85. The fraction of sp³-hybridized carbons (Fsp3) is 0.429. The van der Waals surface area contributed by atoms with Crippen molar-refractivity contribution in [3.63, 3.8) is 0 Å². The molecule has 2 rings (SSSR count). The van der Waals surface area contributed by atoms with Gasteiger partial charge in [0.25, 0.3) is 0 Å². The molecule has 0 radical (unpaired) electrons. The molecule has 2 nitrogen and oxygen atoms in total. The Morgan fingerprint density at radius 2 is 2.12 bits per heavy atom. The van der Waals surface area contributed by atoms with E-state index < -0.39 is 0 Å². The largest absolute Gasteiger partial charge is 0.383 e. The van der Waals surface area contributed by atoms with Crippen LogP contribution in [0.4, 0.5) is 5.69 Å². The number of fused-ring (bicyclic) bond motifs is 1. The Morgan fingerprint density at radius 3 is 2.82 bits per heavy atom. The van der Waals surface area contributed by atoms with E-state index in [-0.39, 0.29) is 0 Å². The summed E-state index contributed by atoms with van der Waals surface area (Å²) in [5.41, 5.74) is 1.17. The van der Waals surface area contributed by atoms with Crippen molar-refractivity contribution in [1.29, 1.82) is 0 Å². The van der Waals surface area contributed by atoms with Gasteiger partial charge < -0.3 is 10.1 Å². The van der Waals surface area contributed by atoms with Gasteiger partial charge in [0.05, 0.1) is 12.6 Å². The van der Waals surface area contributed by atoms with Crippen LogP contribution in [0.5, 0.6) is 0 Å². The molecule has 0 fully saturated rings. The van der Waals surface area contributed by atoms with Gasteiger partial charge in [0.1, 0.15) is 0 Å². The Kier molecular flexibility index (Phi) is 4.02. The molecule has 1 atom stereocenters. The highest BCUT2D eigenvalue weighted by Crippen LogP contribution is 2.24. The summed E-state index contributed by atoms with van der Waals surface area (Å²) in [6.45, 7) is 5.15. The molecule has 1 aromatic heterocycles. The molecule has 17 heavy (non-hydrogen) atoms. The molecule has 0 saturated carbocycles. The highest BCUT2D eigenvalue weighted by Gasteiger charge is 2.12. The topological polar surface area (TPSA) is 21.3 Å². The number of hydrogen-bond donors (Lipinski definition) is 1. The predicted octanol–water partition coefficient (Wildman–Crippen LogP) is 3.98. The highest BCUT2D eigenvalue weighted by atomic mass is 32.1. The Hall–Kier alpha value is -1.06. The third-order valence-corrected chi connectivity index (χ3v) is 3.85. The Morgan fingerprint density at radius 1 is 1.29 bits per heavy atom. The van der Waals surface area contributed by atoms with Gasteiger partial charge in [0.15, 0.2) is 0 Å². The number of nitrogens with one attached hydrogen (secondary N) is 1. The van der Waals surface area contributed by atoms with Gasteiger partial charge in [0.2, 0.25) is 0 Å². The number of anilines is 1. The van der Waals surface area contributed by atoms with E-state index in [0.29, 0.717) is 12.0 Å². The van der Waals surface area contributed by atoms with Gasteiger partial charge in [-0.3, -0.25) is 0 Å². The summed E-state index contributed by atoms with van der Waals surface area (Å²) in [6.07, 6.45) is 0. The maximum Gasteiger partial charge on any atom is 0.0666 e. The lowest BCUT2D eigenvalue weighted by atomic mass is 10.0. The molecule has 2 aromatic rings. The minimum absolute atomic E-state index is 0.357. The summed E-state index contributed by atoms with van der Waals surface area (Å²) >= 11 is 1.78. The predicted molar refractivity (Wildman–Crippen MR) is 75.9 cm³/mol. The minimum Gasteiger partial charge on any atom is -0.383 e. The quantitative estimate of drug-likeness (QED) is 0.865. The van der Waals surface area contributed by atoms with Crippen molar-refractivity contribution in [2.24, 2.45) is 5.92 Å². The molecule has 0 bridgehead atoms. The van der Waals surface area contributed by atoms with E-state index in [1.54, 1.807) is 18.4 Å². The SMILES string of the molecule is COCC(Nc1ccc2sccc2c1)C(C)C. The van der Waals surface area contributed by atoms with E-state index in [1.165, 1.54) is 15.8 Å². The van der Waals surface area contributed by atoms with Crippen molar-refractivity contribution in [1.82, 2.24) is 0 Å². The zero-order valence-corrected chi connectivity index (χ0v) is 11.4. The molecule has 0 aliphatic heterocycles. The first kappa shape index (κ1) is 12.4. The molecule has 92 valence electrons. The fourth-order valence-corrected chi connectivity index (χ4v) is 2.62. The van der Waals surface area contributed by atoms with Crippen molar-refractivity contribution in [3.05, 3.63) is 29.6 Å². The van der Waals surface area contributed by atoms with Crippen LogP contribution in [-0.2, 0) is 4.74 Å². The van der Waals surface area contributed by atoms with Crippen LogP contribution in [-0.4, -0.2) is 19.8 Å². The maximum absolute atomic E-state index is 5.25. The third kappa shape index (κ3) is 2.99. The van der Waals surface area contributed by atoms with Gasteiger partial charge >= 0.3 is 0 Å². The number of benzene rings is 1. The van der Waals surface area contributed by atoms with Crippen molar-refractivity contribution in [2.75, 3.05) is 19.0 Å². The van der Waals surface area contributed by atoms with Crippen molar-refractivity contribution in [2.45, 2.75) is 19.9 Å². The molecule has 1 aromatic carbocycles. The molecule has 0 aliphatic carbocycles. The Bertz CT molecular complexity index is 478. The summed E-state index contributed by atoms with van der Waals surface area (Å²) in [6, 6.07) is 9.04. The van der Waals surface area contributed by atoms with Gasteiger partial charge in [-0.2, -0.15) is 0 Å². The van der Waals surface area contributed by atoms with Crippen LogP contribution in [0.3, 0.4) is 0 Å². The normalized spacial score (nSPS) is 13.2. The average Bonchev–Trinajstić information content (AvgIpc) is 2.75. The first-order valence-corrected chi connectivity index (χ1v) is 6.81. The summed E-state index contributed by atoms with van der Waals surface area (Å²) in [5, 5.41) is 6.97. The standard InChI is InChI=1S/C14H19NOS/c1-10(2)13(9-16-3)15-12-4-5-14-11(8-12)6-7-17-14/h4-8,10,13,15H,9H2,1-3H3.